The number of benzene rings is 1. The first-order chi connectivity index (χ1) is 9.79. The van der Waals surface area contributed by atoms with Crippen LogP contribution in [-0.4, -0.2) is 22.4 Å². The lowest BCUT2D eigenvalue weighted by molar-refractivity contribution is -0.394. The maximum Gasteiger partial charge on any atom is 0.279 e. The molecule has 1 aromatic carbocycles. The van der Waals surface area contributed by atoms with Crippen molar-refractivity contribution in [2.24, 2.45) is 5.92 Å². The van der Waals surface area contributed by atoms with Gasteiger partial charge in [0.1, 0.15) is 0 Å². The summed E-state index contributed by atoms with van der Waals surface area (Å²) >= 11 is 0. The normalized spacial score (nSPS) is 14.0. The molecule has 7 heteroatoms. The minimum absolute atomic E-state index is 0.0372. The Hall–Kier alpha value is -2.02. The first-order valence-corrected chi connectivity index (χ1v) is 6.95. The Morgan fingerprint density at radius 3 is 2.19 bits per heavy atom. The fraction of sp³-hybridized carbons (Fsp3) is 0.571. The van der Waals surface area contributed by atoms with Crippen molar-refractivity contribution in [3.8, 4) is 0 Å². The summed E-state index contributed by atoms with van der Waals surface area (Å²) in [7, 11) is 0. The zero-order chi connectivity index (χ0) is 16.2. The van der Waals surface area contributed by atoms with Gasteiger partial charge in [-0.1, -0.05) is 20.8 Å². The van der Waals surface area contributed by atoms with E-state index < -0.39 is 9.85 Å². The van der Waals surface area contributed by atoms with E-state index in [4.69, 9.17) is 0 Å². The van der Waals surface area contributed by atoms with E-state index in [2.05, 4.69) is 5.32 Å². The number of nitrogens with zero attached hydrogens (tertiary/aromatic N) is 2. The van der Waals surface area contributed by atoms with Crippen LogP contribution in [-0.2, 0) is 0 Å². The smallest absolute Gasteiger partial charge is 0.279 e. The van der Waals surface area contributed by atoms with Crippen molar-refractivity contribution in [3.05, 3.63) is 44.0 Å². The molecule has 0 radical (unpaired) electrons. The first kappa shape index (κ1) is 17.0. The van der Waals surface area contributed by atoms with Crippen LogP contribution in [0, 0.1) is 26.1 Å². The zero-order valence-electron chi connectivity index (χ0n) is 12.7. The van der Waals surface area contributed by atoms with E-state index in [9.17, 15) is 20.2 Å². The highest BCUT2D eigenvalue weighted by Crippen LogP contribution is 2.36. The van der Waals surface area contributed by atoms with Gasteiger partial charge in [0.25, 0.3) is 11.4 Å². The largest absolute Gasteiger partial charge is 0.314 e. The molecule has 116 valence electrons. The van der Waals surface area contributed by atoms with Crippen molar-refractivity contribution in [2.75, 3.05) is 6.54 Å². The van der Waals surface area contributed by atoms with Gasteiger partial charge in [-0.25, -0.2) is 0 Å². The molecule has 7 nitrogen and oxygen atoms in total. The maximum absolute atomic E-state index is 11.3. The van der Waals surface area contributed by atoms with E-state index in [0.717, 1.165) is 12.6 Å². The summed E-state index contributed by atoms with van der Waals surface area (Å²) < 4.78 is 0. The Balaban J connectivity index is 3.37. The van der Waals surface area contributed by atoms with Crippen LogP contribution in [0.4, 0.5) is 11.4 Å². The molecule has 0 heterocycles. The lowest BCUT2D eigenvalue weighted by atomic mass is 9.82. The molecule has 1 aromatic rings. The highest BCUT2D eigenvalue weighted by molar-refractivity contribution is 5.51. The van der Waals surface area contributed by atoms with E-state index in [1.807, 2.05) is 27.7 Å². The van der Waals surface area contributed by atoms with Gasteiger partial charge in [0, 0.05) is 23.6 Å². The number of nitro groups is 2. The Kier molecular flexibility index (Phi) is 5.78. The third-order valence-electron chi connectivity index (χ3n) is 3.56. The van der Waals surface area contributed by atoms with Gasteiger partial charge in [-0.2, -0.15) is 0 Å². The second kappa shape index (κ2) is 7.12. The molecule has 0 amide bonds. The molecular weight excluding hydrogens is 274 g/mol. The number of likely N-dealkylation sites (N-methyl/N-ethyl adjacent to an activating group) is 1. The summed E-state index contributed by atoms with van der Waals surface area (Å²) in [6, 6.07) is 3.92. The number of rotatable bonds is 7. The van der Waals surface area contributed by atoms with E-state index in [-0.39, 0.29) is 29.3 Å². The SMILES string of the molecule is CCNC(C)C(c1ccc([N+](=O)[O-])cc1[N+](=O)[O-])C(C)C. The number of nitro benzene ring substituents is 2. The Labute approximate surface area is 123 Å². The van der Waals surface area contributed by atoms with Crippen LogP contribution < -0.4 is 5.32 Å². The van der Waals surface area contributed by atoms with Crippen LogP contribution in [0.25, 0.3) is 0 Å². The quantitative estimate of drug-likeness (QED) is 0.615. The van der Waals surface area contributed by atoms with Crippen LogP contribution in [0.5, 0.6) is 0 Å². The fourth-order valence-electron chi connectivity index (χ4n) is 2.74. The summed E-state index contributed by atoms with van der Waals surface area (Å²) in [4.78, 5) is 20.9. The topological polar surface area (TPSA) is 98.3 Å². The van der Waals surface area contributed by atoms with Gasteiger partial charge in [-0.15, -0.1) is 0 Å². The van der Waals surface area contributed by atoms with Crippen LogP contribution in [0.1, 0.15) is 39.2 Å². The van der Waals surface area contributed by atoms with Gasteiger partial charge in [-0.3, -0.25) is 20.2 Å². The molecule has 0 saturated heterocycles. The summed E-state index contributed by atoms with van der Waals surface area (Å²) in [5, 5.41) is 25.3. The standard InChI is InChI=1S/C14H21N3O4/c1-5-15-10(4)14(9(2)3)12-7-6-11(16(18)19)8-13(12)17(20)21/h6-10,14-15H,5H2,1-4H3. The minimum Gasteiger partial charge on any atom is -0.314 e. The monoisotopic (exact) mass is 295 g/mol. The molecule has 0 fully saturated rings. The van der Waals surface area contributed by atoms with Gasteiger partial charge >= 0.3 is 0 Å². The Bertz CT molecular complexity index is 531. The van der Waals surface area contributed by atoms with Crippen molar-refractivity contribution in [1.29, 1.82) is 0 Å². The average molecular weight is 295 g/mol. The van der Waals surface area contributed by atoms with Gasteiger partial charge in [0.05, 0.1) is 15.9 Å². The molecule has 2 unspecified atom stereocenters. The lowest BCUT2D eigenvalue weighted by Gasteiger charge is -2.28. The molecule has 0 aliphatic rings. The van der Waals surface area contributed by atoms with Crippen LogP contribution in [0.3, 0.4) is 0 Å². The Morgan fingerprint density at radius 1 is 1.14 bits per heavy atom. The second-order valence-electron chi connectivity index (χ2n) is 5.37. The van der Waals surface area contributed by atoms with Gasteiger partial charge in [0.15, 0.2) is 0 Å². The van der Waals surface area contributed by atoms with Crippen molar-refractivity contribution in [1.82, 2.24) is 5.32 Å². The van der Waals surface area contributed by atoms with Crippen molar-refractivity contribution in [2.45, 2.75) is 39.7 Å². The molecule has 0 aromatic heterocycles. The third kappa shape index (κ3) is 3.98. The Morgan fingerprint density at radius 2 is 1.76 bits per heavy atom. The third-order valence-corrected chi connectivity index (χ3v) is 3.56. The predicted molar refractivity (Wildman–Crippen MR) is 80.5 cm³/mol. The minimum atomic E-state index is -0.616. The molecule has 2 atom stereocenters. The highest BCUT2D eigenvalue weighted by atomic mass is 16.6. The van der Waals surface area contributed by atoms with Crippen molar-refractivity contribution >= 4 is 11.4 Å². The van der Waals surface area contributed by atoms with Crippen LogP contribution in [0.2, 0.25) is 0 Å². The highest BCUT2D eigenvalue weighted by Gasteiger charge is 2.30. The van der Waals surface area contributed by atoms with Gasteiger partial charge in [-0.05, 0) is 25.5 Å². The molecule has 21 heavy (non-hydrogen) atoms. The number of hydrogen-bond donors (Lipinski definition) is 1. The molecule has 0 aliphatic heterocycles. The van der Waals surface area contributed by atoms with Crippen LogP contribution in [0.15, 0.2) is 18.2 Å². The first-order valence-electron chi connectivity index (χ1n) is 6.95. The lowest BCUT2D eigenvalue weighted by Crippen LogP contribution is -2.34. The maximum atomic E-state index is 11.3. The molecule has 1 rings (SSSR count). The van der Waals surface area contributed by atoms with Gasteiger partial charge in [0.2, 0.25) is 0 Å². The number of non-ortho nitro benzene ring substituents is 1. The van der Waals surface area contributed by atoms with E-state index >= 15 is 0 Å². The number of nitrogens with one attached hydrogen (secondary N) is 1. The summed E-state index contributed by atoms with van der Waals surface area (Å²) in [5.41, 5.74) is 0.0887. The van der Waals surface area contributed by atoms with Crippen molar-refractivity contribution < 1.29 is 9.85 Å². The molecular formula is C14H21N3O4. The fourth-order valence-corrected chi connectivity index (χ4v) is 2.74. The van der Waals surface area contributed by atoms with E-state index in [0.29, 0.717) is 5.56 Å². The van der Waals surface area contributed by atoms with Gasteiger partial charge < -0.3 is 5.32 Å². The average Bonchev–Trinajstić information content (AvgIpc) is 2.38. The van der Waals surface area contributed by atoms with E-state index in [1.165, 1.54) is 12.1 Å². The van der Waals surface area contributed by atoms with Crippen molar-refractivity contribution in [3.63, 3.8) is 0 Å². The molecule has 0 spiro atoms. The zero-order valence-corrected chi connectivity index (χ0v) is 12.7. The second-order valence-corrected chi connectivity index (χ2v) is 5.37. The van der Waals surface area contributed by atoms with Crippen LogP contribution >= 0.6 is 0 Å². The molecule has 0 saturated carbocycles. The summed E-state index contributed by atoms with van der Waals surface area (Å²) in [6.07, 6.45) is 0. The molecule has 1 N–H and O–H groups in total. The van der Waals surface area contributed by atoms with E-state index in [1.54, 1.807) is 0 Å². The predicted octanol–water partition coefficient (Wildman–Crippen LogP) is 3.24. The molecule has 0 bridgehead atoms. The molecule has 0 aliphatic carbocycles. The number of hydrogen-bond acceptors (Lipinski definition) is 5. The summed E-state index contributed by atoms with van der Waals surface area (Å²) in [6.45, 7) is 8.68. The summed E-state index contributed by atoms with van der Waals surface area (Å²) in [5.74, 6) is 0.0744.